The van der Waals surface area contributed by atoms with Gasteiger partial charge in [-0.25, -0.2) is 9.97 Å². The van der Waals surface area contributed by atoms with E-state index in [-0.39, 0.29) is 11.8 Å². The predicted octanol–water partition coefficient (Wildman–Crippen LogP) is 1.72. The van der Waals surface area contributed by atoms with Crippen molar-refractivity contribution in [2.24, 2.45) is 0 Å². The van der Waals surface area contributed by atoms with Crippen molar-refractivity contribution >= 4 is 23.0 Å². The Morgan fingerprint density at radius 3 is 3.06 bits per heavy atom. The molecule has 0 spiro atoms. The third-order valence-electron chi connectivity index (χ3n) is 3.47. The van der Waals surface area contributed by atoms with Gasteiger partial charge in [-0.1, -0.05) is 11.6 Å². The Morgan fingerprint density at radius 2 is 2.28 bits per heavy atom. The van der Waals surface area contributed by atoms with Gasteiger partial charge in [0.05, 0.1) is 6.20 Å². The third-order valence-corrected chi connectivity index (χ3v) is 3.76. The second-order valence-corrected chi connectivity index (χ2v) is 4.95. The van der Waals surface area contributed by atoms with Gasteiger partial charge in [0.2, 0.25) is 5.91 Å². The summed E-state index contributed by atoms with van der Waals surface area (Å²) in [5, 5.41) is 0.440. The summed E-state index contributed by atoms with van der Waals surface area (Å²) in [6.45, 7) is 0.775. The molecule has 2 aromatic rings. The van der Waals surface area contributed by atoms with Gasteiger partial charge < -0.3 is 4.90 Å². The molecular weight excluding hydrogens is 252 g/mol. The average molecular weight is 265 g/mol. The van der Waals surface area contributed by atoms with Crippen LogP contribution in [0.25, 0.3) is 5.52 Å². The second kappa shape index (κ2) is 4.24. The number of piperidine rings is 1. The van der Waals surface area contributed by atoms with Crippen LogP contribution in [0.2, 0.25) is 5.15 Å². The quantitative estimate of drug-likeness (QED) is 0.788. The number of carbonyl (C=O) groups excluding carboxylic acids is 1. The smallest absolute Gasteiger partial charge is 0.223 e. The van der Waals surface area contributed by atoms with Crippen molar-refractivity contribution in [3.63, 3.8) is 0 Å². The van der Waals surface area contributed by atoms with Gasteiger partial charge in [-0.3, -0.25) is 9.20 Å². The normalized spacial score (nSPS) is 20.7. The van der Waals surface area contributed by atoms with Crippen LogP contribution in [-0.2, 0) is 4.79 Å². The zero-order chi connectivity index (χ0) is 12.7. The van der Waals surface area contributed by atoms with Crippen LogP contribution in [-0.4, -0.2) is 38.8 Å². The Balaban J connectivity index is 2.00. The molecule has 0 saturated carbocycles. The van der Waals surface area contributed by atoms with E-state index in [9.17, 15) is 4.79 Å². The van der Waals surface area contributed by atoms with Crippen LogP contribution in [0.15, 0.2) is 18.6 Å². The van der Waals surface area contributed by atoms with Crippen molar-refractivity contribution in [2.75, 3.05) is 13.6 Å². The Hall–Kier alpha value is -1.62. The fourth-order valence-electron chi connectivity index (χ4n) is 2.38. The lowest BCUT2D eigenvalue weighted by Crippen LogP contribution is -2.35. The summed E-state index contributed by atoms with van der Waals surface area (Å²) < 4.78 is 1.93. The van der Waals surface area contributed by atoms with Crippen molar-refractivity contribution in [2.45, 2.75) is 18.8 Å². The SMILES string of the molecule is CN1CCC(c2ncc3c(Cl)nccn23)CC1=O. The molecule has 3 heterocycles. The van der Waals surface area contributed by atoms with E-state index in [1.54, 1.807) is 17.3 Å². The second-order valence-electron chi connectivity index (χ2n) is 4.59. The van der Waals surface area contributed by atoms with Gasteiger partial charge in [0.25, 0.3) is 0 Å². The molecule has 1 amide bonds. The number of fused-ring (bicyclic) bond motifs is 1. The molecule has 3 rings (SSSR count). The molecule has 1 fully saturated rings. The molecule has 94 valence electrons. The van der Waals surface area contributed by atoms with E-state index in [1.807, 2.05) is 17.6 Å². The minimum Gasteiger partial charge on any atom is -0.346 e. The van der Waals surface area contributed by atoms with Gasteiger partial charge in [-0.15, -0.1) is 0 Å². The Morgan fingerprint density at radius 1 is 1.44 bits per heavy atom. The van der Waals surface area contributed by atoms with E-state index in [4.69, 9.17) is 11.6 Å². The van der Waals surface area contributed by atoms with E-state index in [0.717, 1.165) is 24.3 Å². The number of imidazole rings is 1. The predicted molar refractivity (Wildman–Crippen MR) is 67.6 cm³/mol. The van der Waals surface area contributed by atoms with Crippen molar-refractivity contribution in [3.05, 3.63) is 29.6 Å². The summed E-state index contributed by atoms with van der Waals surface area (Å²) in [5.41, 5.74) is 0.792. The molecule has 0 N–H and O–H groups in total. The zero-order valence-corrected chi connectivity index (χ0v) is 10.8. The summed E-state index contributed by atoms with van der Waals surface area (Å²) in [7, 11) is 1.84. The maximum absolute atomic E-state index is 11.8. The van der Waals surface area contributed by atoms with Crippen LogP contribution in [0.4, 0.5) is 0 Å². The molecule has 0 radical (unpaired) electrons. The molecular formula is C12H13ClN4O. The number of carbonyl (C=O) groups is 1. The number of rotatable bonds is 1. The summed E-state index contributed by atoms with van der Waals surface area (Å²) in [5.74, 6) is 1.23. The van der Waals surface area contributed by atoms with Crippen LogP contribution in [0.1, 0.15) is 24.6 Å². The van der Waals surface area contributed by atoms with Crippen LogP contribution in [0.3, 0.4) is 0 Å². The van der Waals surface area contributed by atoms with E-state index in [2.05, 4.69) is 9.97 Å². The van der Waals surface area contributed by atoms with Crippen LogP contribution in [0.5, 0.6) is 0 Å². The highest BCUT2D eigenvalue weighted by Gasteiger charge is 2.27. The number of hydrogen-bond acceptors (Lipinski definition) is 3. The molecule has 1 atom stereocenters. The van der Waals surface area contributed by atoms with Gasteiger partial charge in [0.1, 0.15) is 11.3 Å². The van der Waals surface area contributed by atoms with Crippen LogP contribution < -0.4 is 0 Å². The van der Waals surface area contributed by atoms with Crippen molar-refractivity contribution in [1.82, 2.24) is 19.3 Å². The van der Waals surface area contributed by atoms with Gasteiger partial charge in [-0.05, 0) is 6.42 Å². The number of halogens is 1. The first-order chi connectivity index (χ1) is 8.66. The van der Waals surface area contributed by atoms with Crippen molar-refractivity contribution in [3.8, 4) is 0 Å². The van der Waals surface area contributed by atoms with Gasteiger partial charge in [0.15, 0.2) is 5.15 Å². The molecule has 0 bridgehead atoms. The first-order valence-electron chi connectivity index (χ1n) is 5.88. The van der Waals surface area contributed by atoms with Crippen molar-refractivity contribution in [1.29, 1.82) is 0 Å². The Labute approximate surface area is 109 Å². The highest BCUT2D eigenvalue weighted by atomic mass is 35.5. The first kappa shape index (κ1) is 11.5. The summed E-state index contributed by atoms with van der Waals surface area (Å²) in [4.78, 5) is 21.9. The minimum absolute atomic E-state index is 0.162. The molecule has 1 aliphatic heterocycles. The van der Waals surface area contributed by atoms with Crippen molar-refractivity contribution < 1.29 is 4.79 Å². The monoisotopic (exact) mass is 264 g/mol. The topological polar surface area (TPSA) is 50.5 Å². The number of likely N-dealkylation sites (tertiary alicyclic amines) is 1. The molecule has 5 nitrogen and oxygen atoms in total. The number of aromatic nitrogens is 3. The lowest BCUT2D eigenvalue weighted by Gasteiger charge is -2.27. The van der Waals surface area contributed by atoms with Gasteiger partial charge >= 0.3 is 0 Å². The van der Waals surface area contributed by atoms with Gasteiger partial charge in [0, 0.05) is 38.3 Å². The summed E-state index contributed by atoms with van der Waals surface area (Å²) in [6, 6.07) is 0. The number of amides is 1. The fraction of sp³-hybridized carbons (Fsp3) is 0.417. The lowest BCUT2D eigenvalue weighted by atomic mass is 9.96. The molecule has 1 unspecified atom stereocenters. The average Bonchev–Trinajstić information content (AvgIpc) is 2.78. The maximum Gasteiger partial charge on any atom is 0.223 e. The standard InChI is InChI=1S/C12H13ClN4O/c1-16-4-2-8(6-10(16)18)12-15-7-9-11(13)14-3-5-17(9)12/h3,5,7-8H,2,4,6H2,1H3. The molecule has 0 aromatic carbocycles. The lowest BCUT2D eigenvalue weighted by molar-refractivity contribution is -0.132. The molecule has 2 aromatic heterocycles. The van der Waals surface area contributed by atoms with E-state index >= 15 is 0 Å². The molecule has 1 aliphatic rings. The maximum atomic E-state index is 11.8. The first-order valence-corrected chi connectivity index (χ1v) is 6.26. The Bertz CT molecular complexity index is 609. The molecule has 1 saturated heterocycles. The summed E-state index contributed by atoms with van der Waals surface area (Å²) in [6.07, 6.45) is 6.65. The highest BCUT2D eigenvalue weighted by molar-refractivity contribution is 6.32. The molecule has 18 heavy (non-hydrogen) atoms. The number of hydrogen-bond donors (Lipinski definition) is 0. The van der Waals surface area contributed by atoms with Crippen LogP contribution in [0, 0.1) is 0 Å². The number of nitrogens with zero attached hydrogens (tertiary/aromatic N) is 4. The van der Waals surface area contributed by atoms with E-state index in [1.165, 1.54) is 0 Å². The summed E-state index contributed by atoms with van der Waals surface area (Å²) >= 11 is 6.01. The largest absolute Gasteiger partial charge is 0.346 e. The van der Waals surface area contributed by atoms with Crippen LogP contribution >= 0.6 is 11.6 Å². The third kappa shape index (κ3) is 1.75. The van der Waals surface area contributed by atoms with E-state index < -0.39 is 0 Å². The van der Waals surface area contributed by atoms with E-state index in [0.29, 0.717) is 11.6 Å². The minimum atomic E-state index is 0.162. The van der Waals surface area contributed by atoms with Gasteiger partial charge in [-0.2, -0.15) is 0 Å². The molecule has 0 aliphatic carbocycles. The Kier molecular flexibility index (Phi) is 2.70. The fourth-order valence-corrected chi connectivity index (χ4v) is 2.58. The zero-order valence-electron chi connectivity index (χ0n) is 10.0. The highest BCUT2D eigenvalue weighted by Crippen LogP contribution is 2.28. The molecule has 6 heteroatoms.